The summed E-state index contributed by atoms with van der Waals surface area (Å²) >= 11 is 11.6. The van der Waals surface area contributed by atoms with E-state index in [9.17, 15) is 0 Å². The Morgan fingerprint density at radius 1 is 1.12 bits per heavy atom. The molecule has 1 aliphatic heterocycles. The number of aryl methyl sites for hydroxylation is 1. The minimum Gasteiger partial charge on any atom is -0.497 e. The molecule has 6 heteroatoms. The standard InChI is InChI=1S/C20H24ClN3OS/c1-15-13-17(21)5-8-19(15)22-20(26)24-11-9-23(10-12-24)14-16-3-6-18(25-2)7-4-16/h3-8,13H,9-12,14H2,1-2H3,(H,22,26). The van der Waals surface area contributed by atoms with E-state index in [1.165, 1.54) is 5.56 Å². The van der Waals surface area contributed by atoms with Crippen molar-refractivity contribution in [3.63, 3.8) is 0 Å². The number of thiocarbonyl (C=S) groups is 1. The van der Waals surface area contributed by atoms with Crippen LogP contribution < -0.4 is 10.1 Å². The van der Waals surface area contributed by atoms with Crippen LogP contribution in [-0.4, -0.2) is 48.2 Å². The van der Waals surface area contributed by atoms with E-state index in [0.29, 0.717) is 0 Å². The van der Waals surface area contributed by atoms with Gasteiger partial charge in [-0.05, 0) is 60.6 Å². The summed E-state index contributed by atoms with van der Waals surface area (Å²) in [5, 5.41) is 4.87. The van der Waals surface area contributed by atoms with Crippen LogP contribution in [0.25, 0.3) is 0 Å². The predicted molar refractivity (Wildman–Crippen MR) is 112 cm³/mol. The van der Waals surface area contributed by atoms with E-state index >= 15 is 0 Å². The molecule has 2 aromatic carbocycles. The van der Waals surface area contributed by atoms with E-state index in [1.54, 1.807) is 7.11 Å². The van der Waals surface area contributed by atoms with Gasteiger partial charge < -0.3 is 15.0 Å². The van der Waals surface area contributed by atoms with Crippen molar-refractivity contribution in [3.05, 3.63) is 58.6 Å². The average molecular weight is 390 g/mol. The van der Waals surface area contributed by atoms with Crippen molar-refractivity contribution >= 4 is 34.6 Å². The van der Waals surface area contributed by atoms with Gasteiger partial charge >= 0.3 is 0 Å². The second kappa shape index (κ2) is 8.71. The lowest BCUT2D eigenvalue weighted by molar-refractivity contribution is 0.177. The van der Waals surface area contributed by atoms with Gasteiger partial charge in [0.15, 0.2) is 5.11 Å². The van der Waals surface area contributed by atoms with E-state index < -0.39 is 0 Å². The molecule has 1 N–H and O–H groups in total. The zero-order chi connectivity index (χ0) is 18.5. The predicted octanol–water partition coefficient (Wildman–Crippen LogP) is 4.17. The number of halogens is 1. The summed E-state index contributed by atoms with van der Waals surface area (Å²) in [5.41, 5.74) is 3.41. The molecule has 0 aromatic heterocycles. The number of hydrogen-bond acceptors (Lipinski definition) is 3. The van der Waals surface area contributed by atoms with Crippen molar-refractivity contribution < 1.29 is 4.74 Å². The van der Waals surface area contributed by atoms with Gasteiger partial charge in [-0.15, -0.1) is 0 Å². The van der Waals surface area contributed by atoms with Crippen LogP contribution in [0.5, 0.6) is 5.75 Å². The number of nitrogens with zero attached hydrogens (tertiary/aromatic N) is 2. The zero-order valence-corrected chi connectivity index (χ0v) is 16.7. The third-order valence-corrected chi connectivity index (χ3v) is 5.25. The summed E-state index contributed by atoms with van der Waals surface area (Å²) in [4.78, 5) is 4.68. The Morgan fingerprint density at radius 2 is 1.81 bits per heavy atom. The summed E-state index contributed by atoms with van der Waals surface area (Å²) in [6.45, 7) is 6.82. The lowest BCUT2D eigenvalue weighted by atomic mass is 10.2. The highest BCUT2D eigenvalue weighted by Gasteiger charge is 2.19. The molecule has 0 spiro atoms. The first-order chi connectivity index (χ1) is 12.5. The van der Waals surface area contributed by atoms with Gasteiger partial charge in [-0.1, -0.05) is 23.7 Å². The Bertz CT molecular complexity index is 758. The van der Waals surface area contributed by atoms with Crippen LogP contribution in [0.1, 0.15) is 11.1 Å². The fraction of sp³-hybridized carbons (Fsp3) is 0.350. The van der Waals surface area contributed by atoms with Crippen molar-refractivity contribution in [1.29, 1.82) is 0 Å². The quantitative estimate of drug-likeness (QED) is 0.792. The van der Waals surface area contributed by atoms with E-state index in [4.69, 9.17) is 28.6 Å². The van der Waals surface area contributed by atoms with Gasteiger partial charge in [-0.2, -0.15) is 0 Å². The van der Waals surface area contributed by atoms with Gasteiger partial charge in [-0.3, -0.25) is 4.90 Å². The molecule has 0 amide bonds. The molecule has 0 atom stereocenters. The highest BCUT2D eigenvalue weighted by Crippen LogP contribution is 2.20. The zero-order valence-electron chi connectivity index (χ0n) is 15.2. The van der Waals surface area contributed by atoms with E-state index in [-0.39, 0.29) is 0 Å². The average Bonchev–Trinajstić information content (AvgIpc) is 2.65. The van der Waals surface area contributed by atoms with Crippen molar-refractivity contribution in [2.45, 2.75) is 13.5 Å². The Kier molecular flexibility index (Phi) is 6.35. The summed E-state index contributed by atoms with van der Waals surface area (Å²) in [6, 6.07) is 14.1. The van der Waals surface area contributed by atoms with Gasteiger partial charge in [0.25, 0.3) is 0 Å². The first-order valence-corrected chi connectivity index (χ1v) is 9.51. The molecule has 0 saturated carbocycles. The molecule has 1 saturated heterocycles. The van der Waals surface area contributed by atoms with Gasteiger partial charge in [0.2, 0.25) is 0 Å². The fourth-order valence-corrected chi connectivity index (χ4v) is 3.58. The van der Waals surface area contributed by atoms with Crippen molar-refractivity contribution in [3.8, 4) is 5.75 Å². The van der Waals surface area contributed by atoms with Crippen LogP contribution in [0.3, 0.4) is 0 Å². The molecule has 1 aliphatic rings. The Hall–Kier alpha value is -1.82. The van der Waals surface area contributed by atoms with Gasteiger partial charge in [0.05, 0.1) is 7.11 Å². The van der Waals surface area contributed by atoms with E-state index in [1.807, 2.05) is 37.3 Å². The number of rotatable bonds is 4. The summed E-state index contributed by atoms with van der Waals surface area (Å²) < 4.78 is 5.21. The second-order valence-corrected chi connectivity index (χ2v) is 7.32. The van der Waals surface area contributed by atoms with Crippen LogP contribution in [-0.2, 0) is 6.54 Å². The topological polar surface area (TPSA) is 27.7 Å². The highest BCUT2D eigenvalue weighted by atomic mass is 35.5. The summed E-state index contributed by atoms with van der Waals surface area (Å²) in [7, 11) is 1.69. The minimum absolute atomic E-state index is 0.742. The normalized spacial score (nSPS) is 15.0. The van der Waals surface area contributed by atoms with Crippen molar-refractivity contribution in [1.82, 2.24) is 9.80 Å². The van der Waals surface area contributed by atoms with E-state index in [2.05, 4.69) is 27.2 Å². The third-order valence-electron chi connectivity index (χ3n) is 4.65. The molecule has 1 heterocycles. The number of piperazine rings is 1. The van der Waals surface area contributed by atoms with Crippen LogP contribution in [0, 0.1) is 6.92 Å². The first kappa shape index (κ1) is 19.0. The maximum absolute atomic E-state index is 6.02. The number of hydrogen-bond donors (Lipinski definition) is 1. The molecule has 138 valence electrons. The number of benzene rings is 2. The Morgan fingerprint density at radius 3 is 2.42 bits per heavy atom. The number of anilines is 1. The molecule has 3 rings (SSSR count). The van der Waals surface area contributed by atoms with Gasteiger partial charge in [0.1, 0.15) is 5.75 Å². The molecule has 0 aliphatic carbocycles. The van der Waals surface area contributed by atoms with Crippen LogP contribution in [0.2, 0.25) is 5.02 Å². The fourth-order valence-electron chi connectivity index (χ4n) is 3.06. The van der Waals surface area contributed by atoms with E-state index in [0.717, 1.165) is 59.9 Å². The largest absolute Gasteiger partial charge is 0.497 e. The van der Waals surface area contributed by atoms with Crippen LogP contribution in [0.15, 0.2) is 42.5 Å². The van der Waals surface area contributed by atoms with Gasteiger partial charge in [-0.25, -0.2) is 0 Å². The molecule has 0 unspecified atom stereocenters. The third kappa shape index (κ3) is 4.87. The smallest absolute Gasteiger partial charge is 0.173 e. The molecule has 0 radical (unpaired) electrons. The van der Waals surface area contributed by atoms with Crippen molar-refractivity contribution in [2.75, 3.05) is 38.6 Å². The Labute approximate surface area is 165 Å². The molecule has 0 bridgehead atoms. The summed E-state index contributed by atoms with van der Waals surface area (Å²) in [5.74, 6) is 0.896. The lowest BCUT2D eigenvalue weighted by Crippen LogP contribution is -2.49. The monoisotopic (exact) mass is 389 g/mol. The Balaban J connectivity index is 1.50. The molecule has 26 heavy (non-hydrogen) atoms. The molecule has 2 aromatic rings. The number of methoxy groups -OCH3 is 1. The lowest BCUT2D eigenvalue weighted by Gasteiger charge is -2.36. The first-order valence-electron chi connectivity index (χ1n) is 8.72. The maximum Gasteiger partial charge on any atom is 0.173 e. The SMILES string of the molecule is COc1ccc(CN2CCN(C(=S)Nc3ccc(Cl)cc3C)CC2)cc1. The van der Waals surface area contributed by atoms with Crippen molar-refractivity contribution in [2.24, 2.45) is 0 Å². The van der Waals surface area contributed by atoms with Gasteiger partial charge in [0, 0.05) is 43.4 Å². The minimum atomic E-state index is 0.742. The molecular formula is C20H24ClN3OS. The maximum atomic E-state index is 6.02. The number of ether oxygens (including phenoxy) is 1. The molecule has 1 fully saturated rings. The highest BCUT2D eigenvalue weighted by molar-refractivity contribution is 7.80. The second-order valence-electron chi connectivity index (χ2n) is 6.50. The summed E-state index contributed by atoms with van der Waals surface area (Å²) in [6.07, 6.45) is 0. The van der Waals surface area contributed by atoms with Crippen LogP contribution in [0.4, 0.5) is 5.69 Å². The van der Waals surface area contributed by atoms with Crippen LogP contribution >= 0.6 is 23.8 Å². The molecular weight excluding hydrogens is 366 g/mol. The number of nitrogens with one attached hydrogen (secondary N) is 1. The molecule has 4 nitrogen and oxygen atoms in total.